The molecule has 42 heavy (non-hydrogen) atoms. The molecule has 2 nitrogen and oxygen atoms in total. The summed E-state index contributed by atoms with van der Waals surface area (Å²) in [6, 6.07) is 39.1. The number of benzene rings is 4. The van der Waals surface area contributed by atoms with Crippen molar-refractivity contribution >= 4 is 34.8 Å². The van der Waals surface area contributed by atoms with Crippen LogP contribution in [-0.4, -0.2) is 18.0 Å². The summed E-state index contributed by atoms with van der Waals surface area (Å²) < 4.78 is 17.1. The van der Waals surface area contributed by atoms with E-state index in [-0.39, 0.29) is 20.1 Å². The molecule has 0 fully saturated rings. The molecule has 0 spiro atoms. The van der Waals surface area contributed by atoms with Gasteiger partial charge in [-0.1, -0.05) is 111 Å². The van der Waals surface area contributed by atoms with E-state index in [0.29, 0.717) is 5.56 Å². The molecule has 215 valence electrons. The first kappa shape index (κ1) is 28.7. The molecule has 6 aromatic rings. The Morgan fingerprint density at radius 2 is 1.50 bits per heavy atom. The number of hydrogen-bond donors (Lipinski definition) is 0. The van der Waals surface area contributed by atoms with Crippen molar-refractivity contribution in [3.05, 3.63) is 127 Å². The van der Waals surface area contributed by atoms with Crippen molar-refractivity contribution in [3.63, 3.8) is 0 Å². The Bertz CT molecular complexity index is 1860. The molecule has 0 aliphatic rings. The summed E-state index contributed by atoms with van der Waals surface area (Å²) in [6.07, 6.45) is 2.26. The maximum absolute atomic E-state index is 8.53. The minimum absolute atomic E-state index is 0. The third-order valence-corrected chi connectivity index (χ3v) is 8.87. The zero-order valence-electron chi connectivity index (χ0n) is 27.1. The fourth-order valence-electron chi connectivity index (χ4n) is 4.73. The van der Waals surface area contributed by atoms with Crippen molar-refractivity contribution in [2.24, 2.45) is 5.41 Å². The van der Waals surface area contributed by atoms with Gasteiger partial charge in [-0.2, -0.15) is 0 Å². The van der Waals surface area contributed by atoms with Crippen LogP contribution in [0.2, 0.25) is 19.6 Å². The van der Waals surface area contributed by atoms with Gasteiger partial charge in [0.15, 0.2) is 0 Å². The van der Waals surface area contributed by atoms with Crippen LogP contribution in [0.4, 0.5) is 0 Å². The average Bonchev–Trinajstić information content (AvgIpc) is 3.00. The van der Waals surface area contributed by atoms with Crippen LogP contribution in [0.15, 0.2) is 109 Å². The molecule has 1 radical (unpaired) electrons. The van der Waals surface area contributed by atoms with Gasteiger partial charge in [0.2, 0.25) is 0 Å². The number of nitrogens with zero attached hydrogens (tertiary/aromatic N) is 2. The van der Waals surface area contributed by atoms with Gasteiger partial charge in [0.25, 0.3) is 0 Å². The van der Waals surface area contributed by atoms with Gasteiger partial charge in [-0.15, -0.1) is 65.0 Å². The van der Waals surface area contributed by atoms with Crippen LogP contribution in [0, 0.1) is 17.5 Å². The monoisotopic (exact) mass is 745 g/mol. The smallest absolute Gasteiger partial charge is 0.0795 e. The van der Waals surface area contributed by atoms with E-state index >= 15 is 0 Å². The molecule has 0 saturated carbocycles. The van der Waals surface area contributed by atoms with Crippen LogP contribution in [0.1, 0.15) is 29.1 Å². The molecule has 0 saturated heterocycles. The van der Waals surface area contributed by atoms with Gasteiger partial charge in [0.05, 0.1) is 8.07 Å². The quantitative estimate of drug-likeness (QED) is 0.102. The summed E-state index contributed by atoms with van der Waals surface area (Å²) in [6.45, 7) is 12.7. The normalized spacial score (nSPS) is 12.5. The molecule has 0 N–H and O–H groups in total. The molecule has 0 atom stereocenters. The largest absolute Gasteiger partial charge is 0.305 e. The van der Waals surface area contributed by atoms with Crippen molar-refractivity contribution < 1.29 is 22.8 Å². The molecule has 0 amide bonds. The molecular weight excluding hydrogens is 705 g/mol. The number of aromatic nitrogens is 2. The Morgan fingerprint density at radius 1 is 0.738 bits per heavy atom. The predicted molar refractivity (Wildman–Crippen MR) is 178 cm³/mol. The van der Waals surface area contributed by atoms with Gasteiger partial charge in [-0.05, 0) is 39.8 Å². The van der Waals surface area contributed by atoms with Crippen molar-refractivity contribution in [1.29, 1.82) is 0 Å². The summed E-state index contributed by atoms with van der Waals surface area (Å²) in [4.78, 5) is 9.00. The second kappa shape index (κ2) is 13.3. The molecule has 0 unspecified atom stereocenters. The number of pyridine rings is 2. The SMILES string of the molecule is C[Si](C)(C)c1ccc(-c2[c-]cccc2)nc1.[2H]C([2H])(c1ccnc(-c2[c-]cc3c(ccc4ccccc43)c2)c1)C(C)(C)C.[Ir]. The molecule has 4 heteroatoms. The summed E-state index contributed by atoms with van der Waals surface area (Å²) in [5, 5.41) is 6.12. The van der Waals surface area contributed by atoms with Gasteiger partial charge in [-0.3, -0.25) is 0 Å². The standard InChI is InChI=1S/C24H22N.C14H16NSi.Ir/c1-24(2,3)16-17-12-13-25-23(14-17)20-10-11-22-19(15-20)9-8-18-6-4-5-7-21(18)22;1-16(2,3)13-9-10-14(15-11-13)12-7-5-4-6-8-12;/h4-9,11-15H,16H2,1-3H3;4-7,9-11H,1-3H3;/q2*-1;/i16D2;;. The van der Waals surface area contributed by atoms with Crippen molar-refractivity contribution in [2.45, 2.75) is 46.8 Å². The fourth-order valence-corrected chi connectivity index (χ4v) is 5.77. The van der Waals surface area contributed by atoms with Crippen molar-refractivity contribution in [1.82, 2.24) is 9.97 Å². The minimum Gasteiger partial charge on any atom is -0.305 e. The Morgan fingerprint density at radius 3 is 2.19 bits per heavy atom. The second-order valence-corrected chi connectivity index (χ2v) is 17.5. The number of fused-ring (bicyclic) bond motifs is 3. The van der Waals surface area contributed by atoms with Gasteiger partial charge in [-0.25, -0.2) is 0 Å². The minimum atomic E-state index is -1.45. The van der Waals surface area contributed by atoms with Crippen molar-refractivity contribution in [3.8, 4) is 22.5 Å². The molecule has 2 aromatic heterocycles. The van der Waals surface area contributed by atoms with Gasteiger partial charge < -0.3 is 9.97 Å². The predicted octanol–water partition coefficient (Wildman–Crippen LogP) is 9.54. The van der Waals surface area contributed by atoms with E-state index in [1.165, 1.54) is 16.0 Å². The molecule has 2 heterocycles. The first-order chi connectivity index (χ1) is 20.3. The number of hydrogen-bond acceptors (Lipinski definition) is 2. The third-order valence-electron chi connectivity index (χ3n) is 6.85. The summed E-state index contributed by atoms with van der Waals surface area (Å²) in [5.74, 6) is 0. The maximum Gasteiger partial charge on any atom is 0.0795 e. The number of rotatable bonds is 4. The first-order valence-electron chi connectivity index (χ1n) is 15.1. The molecular formula is C38H38IrN2Si-2. The maximum atomic E-state index is 8.53. The van der Waals surface area contributed by atoms with E-state index in [1.54, 1.807) is 12.3 Å². The van der Waals surface area contributed by atoms with E-state index < -0.39 is 19.9 Å². The molecule has 6 rings (SSSR count). The van der Waals surface area contributed by atoms with Crippen molar-refractivity contribution in [2.75, 3.05) is 0 Å². The van der Waals surface area contributed by atoms with Crippen LogP contribution in [0.25, 0.3) is 44.1 Å². The van der Waals surface area contributed by atoms with Crippen LogP contribution in [-0.2, 0) is 26.5 Å². The van der Waals surface area contributed by atoms with Crippen LogP contribution in [0.3, 0.4) is 0 Å². The summed E-state index contributed by atoms with van der Waals surface area (Å²) in [7, 11) is -1.23. The zero-order valence-corrected chi connectivity index (χ0v) is 28.5. The molecule has 0 bridgehead atoms. The van der Waals surface area contributed by atoms with Crippen LogP contribution >= 0.6 is 0 Å². The summed E-state index contributed by atoms with van der Waals surface area (Å²) >= 11 is 0. The molecule has 0 aliphatic carbocycles. The second-order valence-electron chi connectivity index (χ2n) is 12.4. The first-order valence-corrected chi connectivity index (χ1v) is 17.6. The Kier molecular flexibility index (Phi) is 9.05. The van der Waals surface area contributed by atoms with Crippen LogP contribution in [0.5, 0.6) is 0 Å². The van der Waals surface area contributed by atoms with Gasteiger partial charge >= 0.3 is 0 Å². The van der Waals surface area contributed by atoms with Gasteiger partial charge in [0.1, 0.15) is 0 Å². The Hall–Kier alpha value is -3.43. The Labute approximate surface area is 268 Å². The van der Waals surface area contributed by atoms with Crippen LogP contribution < -0.4 is 5.19 Å². The van der Waals surface area contributed by atoms with E-state index in [1.807, 2.05) is 69.4 Å². The zero-order chi connectivity index (χ0) is 30.8. The topological polar surface area (TPSA) is 25.8 Å². The van der Waals surface area contributed by atoms with E-state index in [0.717, 1.165) is 33.3 Å². The molecule has 0 aliphatic heterocycles. The van der Waals surface area contributed by atoms with E-state index in [2.05, 4.69) is 90.3 Å². The Balaban J connectivity index is 0.000000223. The third kappa shape index (κ3) is 7.89. The summed E-state index contributed by atoms with van der Waals surface area (Å²) in [5.41, 5.74) is 3.83. The molecule has 4 aromatic carbocycles. The van der Waals surface area contributed by atoms with E-state index in [9.17, 15) is 0 Å². The van der Waals surface area contributed by atoms with Gasteiger partial charge in [0, 0.05) is 35.2 Å². The average molecular weight is 745 g/mol. The van der Waals surface area contributed by atoms with E-state index in [4.69, 9.17) is 2.74 Å². The fraction of sp³-hybridized carbons (Fsp3) is 0.211.